The zero-order valence-corrected chi connectivity index (χ0v) is 10.3. The van der Waals surface area contributed by atoms with Gasteiger partial charge in [-0.05, 0) is 31.9 Å². The van der Waals surface area contributed by atoms with Crippen molar-refractivity contribution >= 4 is 11.6 Å². The number of pyridine rings is 1. The smallest absolute Gasteiger partial charge is 0.128 e. The van der Waals surface area contributed by atoms with Crippen LogP contribution in [0.15, 0.2) is 18.2 Å². The molecule has 2 atom stereocenters. The lowest BCUT2D eigenvalue weighted by Gasteiger charge is -2.15. The fraction of sp³-hybridized carbons (Fsp3) is 0.615. The van der Waals surface area contributed by atoms with Crippen LogP contribution in [0.25, 0.3) is 0 Å². The Kier molecular flexibility index (Phi) is 4.20. The van der Waals surface area contributed by atoms with Crippen molar-refractivity contribution in [2.24, 2.45) is 5.92 Å². The predicted molar refractivity (Wildman–Crippen MR) is 70.2 cm³/mol. The van der Waals surface area contributed by atoms with Crippen molar-refractivity contribution in [3.63, 3.8) is 0 Å². The van der Waals surface area contributed by atoms with E-state index >= 15 is 0 Å². The number of aromatic nitrogens is 1. The Morgan fingerprint density at radius 2 is 2.06 bits per heavy atom. The van der Waals surface area contributed by atoms with E-state index < -0.39 is 0 Å². The SMILES string of the molecule is CCNc1cccc(NCC2CCCC2O)n1. The van der Waals surface area contributed by atoms with E-state index in [1.165, 1.54) is 0 Å². The van der Waals surface area contributed by atoms with E-state index in [0.29, 0.717) is 5.92 Å². The van der Waals surface area contributed by atoms with Crippen LogP contribution in [-0.2, 0) is 0 Å². The summed E-state index contributed by atoms with van der Waals surface area (Å²) < 4.78 is 0. The van der Waals surface area contributed by atoms with Gasteiger partial charge in [0.1, 0.15) is 11.6 Å². The molecule has 1 heterocycles. The maximum Gasteiger partial charge on any atom is 0.128 e. The second-order valence-electron chi connectivity index (χ2n) is 4.58. The molecule has 1 fully saturated rings. The van der Waals surface area contributed by atoms with E-state index in [9.17, 15) is 5.11 Å². The second kappa shape index (κ2) is 5.87. The average molecular weight is 235 g/mol. The zero-order chi connectivity index (χ0) is 12.1. The van der Waals surface area contributed by atoms with Crippen molar-refractivity contribution in [2.45, 2.75) is 32.3 Å². The Bertz CT molecular complexity index is 356. The normalized spacial score (nSPS) is 23.6. The van der Waals surface area contributed by atoms with Gasteiger partial charge in [-0.15, -0.1) is 0 Å². The van der Waals surface area contributed by atoms with Crippen molar-refractivity contribution in [1.29, 1.82) is 0 Å². The molecule has 1 aliphatic rings. The van der Waals surface area contributed by atoms with Crippen molar-refractivity contribution < 1.29 is 5.11 Å². The molecule has 4 heteroatoms. The Morgan fingerprint density at radius 3 is 2.71 bits per heavy atom. The lowest BCUT2D eigenvalue weighted by Crippen LogP contribution is -2.22. The first-order chi connectivity index (χ1) is 8.29. The van der Waals surface area contributed by atoms with E-state index in [-0.39, 0.29) is 6.10 Å². The molecule has 1 aromatic rings. The first-order valence-electron chi connectivity index (χ1n) is 6.42. The van der Waals surface area contributed by atoms with Gasteiger partial charge in [0.2, 0.25) is 0 Å². The summed E-state index contributed by atoms with van der Waals surface area (Å²) in [5.41, 5.74) is 0. The highest BCUT2D eigenvalue weighted by Crippen LogP contribution is 2.25. The first kappa shape index (κ1) is 12.2. The number of nitrogens with zero attached hydrogens (tertiary/aromatic N) is 1. The minimum atomic E-state index is -0.139. The number of hydrogen-bond acceptors (Lipinski definition) is 4. The maximum absolute atomic E-state index is 9.73. The second-order valence-corrected chi connectivity index (χ2v) is 4.58. The highest BCUT2D eigenvalue weighted by molar-refractivity contribution is 5.45. The van der Waals surface area contributed by atoms with Crippen LogP contribution >= 0.6 is 0 Å². The number of aliphatic hydroxyl groups is 1. The number of nitrogens with one attached hydrogen (secondary N) is 2. The molecule has 3 N–H and O–H groups in total. The summed E-state index contributed by atoms with van der Waals surface area (Å²) in [7, 11) is 0. The van der Waals surface area contributed by atoms with Gasteiger partial charge in [-0.2, -0.15) is 0 Å². The van der Waals surface area contributed by atoms with Crippen LogP contribution in [-0.4, -0.2) is 29.3 Å². The van der Waals surface area contributed by atoms with Gasteiger partial charge in [-0.1, -0.05) is 12.5 Å². The molecule has 2 rings (SSSR count). The molecule has 1 aliphatic carbocycles. The first-order valence-corrected chi connectivity index (χ1v) is 6.42. The number of rotatable bonds is 5. The van der Waals surface area contributed by atoms with Crippen LogP contribution in [0, 0.1) is 5.92 Å². The van der Waals surface area contributed by atoms with Crippen LogP contribution < -0.4 is 10.6 Å². The summed E-state index contributed by atoms with van der Waals surface area (Å²) in [5, 5.41) is 16.2. The van der Waals surface area contributed by atoms with E-state index in [0.717, 1.165) is 44.0 Å². The molecule has 0 saturated heterocycles. The summed E-state index contributed by atoms with van der Waals surface area (Å²) >= 11 is 0. The minimum absolute atomic E-state index is 0.139. The Labute approximate surface area is 102 Å². The van der Waals surface area contributed by atoms with Crippen molar-refractivity contribution in [2.75, 3.05) is 23.7 Å². The molecule has 17 heavy (non-hydrogen) atoms. The third kappa shape index (κ3) is 3.33. The van der Waals surface area contributed by atoms with Gasteiger partial charge >= 0.3 is 0 Å². The molecule has 2 unspecified atom stereocenters. The van der Waals surface area contributed by atoms with E-state index in [1.54, 1.807) is 0 Å². The van der Waals surface area contributed by atoms with Crippen LogP contribution in [0.4, 0.5) is 11.6 Å². The quantitative estimate of drug-likeness (QED) is 0.731. The Balaban J connectivity index is 1.87. The van der Waals surface area contributed by atoms with Crippen LogP contribution in [0.3, 0.4) is 0 Å². The van der Waals surface area contributed by atoms with Crippen molar-refractivity contribution in [3.05, 3.63) is 18.2 Å². The molecule has 0 bridgehead atoms. The van der Waals surface area contributed by atoms with Gasteiger partial charge < -0.3 is 15.7 Å². The molecule has 1 saturated carbocycles. The van der Waals surface area contributed by atoms with Gasteiger partial charge in [0.05, 0.1) is 6.10 Å². The highest BCUT2D eigenvalue weighted by atomic mass is 16.3. The molecule has 0 radical (unpaired) electrons. The third-order valence-electron chi connectivity index (χ3n) is 3.27. The molecule has 94 valence electrons. The molecule has 0 amide bonds. The Morgan fingerprint density at radius 1 is 1.29 bits per heavy atom. The van der Waals surface area contributed by atoms with Gasteiger partial charge in [0, 0.05) is 19.0 Å². The lowest BCUT2D eigenvalue weighted by molar-refractivity contribution is 0.138. The van der Waals surface area contributed by atoms with E-state index in [1.807, 2.05) is 18.2 Å². The van der Waals surface area contributed by atoms with Crippen LogP contribution in [0.5, 0.6) is 0 Å². The molecule has 0 aromatic carbocycles. The van der Waals surface area contributed by atoms with Crippen LogP contribution in [0.1, 0.15) is 26.2 Å². The molecule has 0 spiro atoms. The summed E-state index contributed by atoms with van der Waals surface area (Å²) in [6.07, 6.45) is 3.05. The monoisotopic (exact) mass is 235 g/mol. The summed E-state index contributed by atoms with van der Waals surface area (Å²) in [6.45, 7) is 3.73. The fourth-order valence-electron chi connectivity index (χ4n) is 2.30. The number of aliphatic hydroxyl groups excluding tert-OH is 1. The topological polar surface area (TPSA) is 57.2 Å². The predicted octanol–water partition coefficient (Wildman–Crippen LogP) is 2.09. The largest absolute Gasteiger partial charge is 0.393 e. The third-order valence-corrected chi connectivity index (χ3v) is 3.27. The van der Waals surface area contributed by atoms with Gasteiger partial charge in [-0.3, -0.25) is 0 Å². The Hall–Kier alpha value is -1.29. The molecule has 1 aromatic heterocycles. The van der Waals surface area contributed by atoms with Crippen molar-refractivity contribution in [1.82, 2.24) is 4.98 Å². The van der Waals surface area contributed by atoms with Gasteiger partial charge in [0.25, 0.3) is 0 Å². The molecule has 0 aliphatic heterocycles. The maximum atomic E-state index is 9.73. The summed E-state index contributed by atoms with van der Waals surface area (Å²) in [6, 6.07) is 5.90. The number of hydrogen-bond donors (Lipinski definition) is 3. The van der Waals surface area contributed by atoms with E-state index in [2.05, 4.69) is 22.5 Å². The van der Waals surface area contributed by atoms with E-state index in [4.69, 9.17) is 0 Å². The fourth-order valence-corrected chi connectivity index (χ4v) is 2.30. The highest BCUT2D eigenvalue weighted by Gasteiger charge is 2.24. The summed E-state index contributed by atoms with van der Waals surface area (Å²) in [4.78, 5) is 4.44. The van der Waals surface area contributed by atoms with Gasteiger partial charge in [-0.25, -0.2) is 4.98 Å². The van der Waals surface area contributed by atoms with Gasteiger partial charge in [0.15, 0.2) is 0 Å². The van der Waals surface area contributed by atoms with Crippen LogP contribution in [0.2, 0.25) is 0 Å². The average Bonchev–Trinajstić information content (AvgIpc) is 2.73. The standard InChI is InChI=1S/C13H21N3O/c1-2-14-12-7-4-8-13(16-12)15-9-10-5-3-6-11(10)17/h4,7-8,10-11,17H,2-3,5-6,9H2,1H3,(H2,14,15,16). The molecular formula is C13H21N3O. The minimum Gasteiger partial charge on any atom is -0.393 e. The number of anilines is 2. The summed E-state index contributed by atoms with van der Waals surface area (Å²) in [5.74, 6) is 2.15. The molecular weight excluding hydrogens is 214 g/mol. The molecule has 4 nitrogen and oxygen atoms in total. The zero-order valence-electron chi connectivity index (χ0n) is 10.3. The van der Waals surface area contributed by atoms with Crippen molar-refractivity contribution in [3.8, 4) is 0 Å². The lowest BCUT2D eigenvalue weighted by atomic mass is 10.1.